The molecule has 158 valence electrons. The van der Waals surface area contributed by atoms with Gasteiger partial charge in [0.1, 0.15) is 11.9 Å². The van der Waals surface area contributed by atoms with Crippen LogP contribution in [0.1, 0.15) is 52.1 Å². The van der Waals surface area contributed by atoms with Gasteiger partial charge in [-0.2, -0.15) is 0 Å². The van der Waals surface area contributed by atoms with E-state index in [0.29, 0.717) is 5.69 Å². The summed E-state index contributed by atoms with van der Waals surface area (Å²) in [5.74, 6) is -1.48. The number of halogens is 1. The highest BCUT2D eigenvalue weighted by Gasteiger charge is 2.46. The molecule has 0 bridgehead atoms. The normalized spacial score (nSPS) is 17.9. The van der Waals surface area contributed by atoms with E-state index < -0.39 is 23.7 Å². The van der Waals surface area contributed by atoms with Crippen molar-refractivity contribution in [2.24, 2.45) is 5.41 Å². The highest BCUT2D eigenvalue weighted by Crippen LogP contribution is 2.33. The van der Waals surface area contributed by atoms with Crippen LogP contribution in [-0.2, 0) is 14.4 Å². The molecule has 30 heavy (non-hydrogen) atoms. The highest BCUT2D eigenvalue weighted by molar-refractivity contribution is 6.23. The third-order valence-corrected chi connectivity index (χ3v) is 5.21. The van der Waals surface area contributed by atoms with Gasteiger partial charge in [0.05, 0.1) is 18.2 Å². The number of amides is 3. The SMILES string of the molecule is CC(c1ccccc1)N(C(=O)CC(C)(C)C)C1CC(=O)N(c2ccc(F)cc2)C1=O. The van der Waals surface area contributed by atoms with Gasteiger partial charge in [0.15, 0.2) is 0 Å². The number of hydrogen-bond acceptors (Lipinski definition) is 3. The van der Waals surface area contributed by atoms with Crippen LogP contribution in [0.25, 0.3) is 0 Å². The van der Waals surface area contributed by atoms with Crippen molar-refractivity contribution in [3.8, 4) is 0 Å². The summed E-state index contributed by atoms with van der Waals surface area (Å²) in [4.78, 5) is 41.9. The molecule has 3 rings (SSSR count). The lowest BCUT2D eigenvalue weighted by Gasteiger charge is -2.35. The average Bonchev–Trinajstić information content (AvgIpc) is 2.96. The van der Waals surface area contributed by atoms with Crippen molar-refractivity contribution in [1.82, 2.24) is 4.90 Å². The number of rotatable bonds is 5. The van der Waals surface area contributed by atoms with E-state index in [2.05, 4.69) is 0 Å². The van der Waals surface area contributed by atoms with Crippen LogP contribution in [-0.4, -0.2) is 28.7 Å². The monoisotopic (exact) mass is 410 g/mol. The van der Waals surface area contributed by atoms with Gasteiger partial charge in [0.2, 0.25) is 11.8 Å². The van der Waals surface area contributed by atoms with E-state index in [0.717, 1.165) is 10.5 Å². The van der Waals surface area contributed by atoms with Crippen LogP contribution in [0.15, 0.2) is 54.6 Å². The molecule has 0 aromatic heterocycles. The molecule has 2 aromatic carbocycles. The summed E-state index contributed by atoms with van der Waals surface area (Å²) in [7, 11) is 0. The van der Waals surface area contributed by atoms with E-state index in [-0.39, 0.29) is 30.2 Å². The third-order valence-electron chi connectivity index (χ3n) is 5.21. The summed E-state index contributed by atoms with van der Waals surface area (Å²) in [5, 5.41) is 0. The number of benzene rings is 2. The first kappa shape index (κ1) is 21.7. The van der Waals surface area contributed by atoms with Crippen LogP contribution in [0.2, 0.25) is 0 Å². The average molecular weight is 410 g/mol. The van der Waals surface area contributed by atoms with Crippen molar-refractivity contribution >= 4 is 23.4 Å². The summed E-state index contributed by atoms with van der Waals surface area (Å²) >= 11 is 0. The molecule has 1 heterocycles. The van der Waals surface area contributed by atoms with Crippen LogP contribution >= 0.6 is 0 Å². The molecular formula is C24H27FN2O3. The van der Waals surface area contributed by atoms with E-state index in [1.54, 1.807) is 4.90 Å². The van der Waals surface area contributed by atoms with E-state index in [9.17, 15) is 18.8 Å². The molecule has 0 saturated carbocycles. The second kappa shape index (κ2) is 8.38. The van der Waals surface area contributed by atoms with Crippen molar-refractivity contribution < 1.29 is 18.8 Å². The molecule has 2 unspecified atom stereocenters. The quantitative estimate of drug-likeness (QED) is 0.683. The van der Waals surface area contributed by atoms with Crippen molar-refractivity contribution in [3.05, 3.63) is 66.0 Å². The van der Waals surface area contributed by atoms with Crippen molar-refractivity contribution in [2.45, 2.75) is 52.6 Å². The molecule has 0 N–H and O–H groups in total. The largest absolute Gasteiger partial charge is 0.323 e. The number of nitrogens with zero attached hydrogens (tertiary/aromatic N) is 2. The molecule has 0 aliphatic carbocycles. The first-order chi connectivity index (χ1) is 14.1. The Morgan fingerprint density at radius 3 is 2.27 bits per heavy atom. The zero-order valence-electron chi connectivity index (χ0n) is 17.8. The molecule has 2 aromatic rings. The van der Waals surface area contributed by atoms with Gasteiger partial charge in [0.25, 0.3) is 5.91 Å². The maximum Gasteiger partial charge on any atom is 0.257 e. The maximum absolute atomic E-state index is 13.3. The van der Waals surface area contributed by atoms with Crippen molar-refractivity contribution in [1.29, 1.82) is 0 Å². The topological polar surface area (TPSA) is 57.7 Å². The standard InChI is InChI=1S/C24H27FN2O3/c1-16(17-8-6-5-7-9-17)26(22(29)15-24(2,3)4)20-14-21(28)27(23(20)30)19-12-10-18(25)11-13-19/h5-13,16,20H,14-15H2,1-4H3. The molecule has 2 atom stereocenters. The second-order valence-electron chi connectivity index (χ2n) is 8.89. The zero-order chi connectivity index (χ0) is 22.1. The molecule has 1 fully saturated rings. The molecule has 1 aliphatic rings. The van der Waals surface area contributed by atoms with Gasteiger partial charge in [0, 0.05) is 6.42 Å². The smallest absolute Gasteiger partial charge is 0.257 e. The fourth-order valence-electron chi connectivity index (χ4n) is 3.79. The Kier molecular flexibility index (Phi) is 6.06. The fraction of sp³-hybridized carbons (Fsp3) is 0.375. The van der Waals surface area contributed by atoms with E-state index in [1.165, 1.54) is 24.3 Å². The molecule has 0 radical (unpaired) electrons. The first-order valence-corrected chi connectivity index (χ1v) is 10.1. The van der Waals surface area contributed by atoms with E-state index >= 15 is 0 Å². The summed E-state index contributed by atoms with van der Waals surface area (Å²) in [6.07, 6.45) is 0.155. The maximum atomic E-state index is 13.3. The Labute approximate surface area is 176 Å². The van der Waals surface area contributed by atoms with Gasteiger partial charge in [-0.25, -0.2) is 9.29 Å². The van der Waals surface area contributed by atoms with Crippen LogP contribution in [0, 0.1) is 11.2 Å². The predicted octanol–water partition coefficient (Wildman–Crippen LogP) is 4.48. The Morgan fingerprint density at radius 1 is 1.10 bits per heavy atom. The summed E-state index contributed by atoms with van der Waals surface area (Å²) in [6, 6.07) is 13.4. The second-order valence-corrected chi connectivity index (χ2v) is 8.89. The lowest BCUT2D eigenvalue weighted by atomic mass is 9.90. The van der Waals surface area contributed by atoms with Gasteiger partial charge in [-0.15, -0.1) is 0 Å². The Hall–Kier alpha value is -3.02. The molecule has 6 heteroatoms. The van der Waals surface area contributed by atoms with Gasteiger partial charge in [-0.3, -0.25) is 14.4 Å². The Balaban J connectivity index is 1.96. The first-order valence-electron chi connectivity index (χ1n) is 10.1. The minimum absolute atomic E-state index is 0.0940. The summed E-state index contributed by atoms with van der Waals surface area (Å²) < 4.78 is 13.3. The van der Waals surface area contributed by atoms with E-state index in [4.69, 9.17) is 0 Å². The number of hydrogen-bond donors (Lipinski definition) is 0. The van der Waals surface area contributed by atoms with Gasteiger partial charge < -0.3 is 4.90 Å². The van der Waals surface area contributed by atoms with Crippen LogP contribution in [0.3, 0.4) is 0 Å². The molecule has 1 saturated heterocycles. The molecule has 5 nitrogen and oxygen atoms in total. The number of anilines is 1. The summed E-state index contributed by atoms with van der Waals surface area (Å²) in [5.41, 5.74) is 0.929. The van der Waals surface area contributed by atoms with Crippen LogP contribution in [0.5, 0.6) is 0 Å². The molecule has 1 aliphatic heterocycles. The predicted molar refractivity (Wildman–Crippen MR) is 113 cm³/mol. The highest BCUT2D eigenvalue weighted by atomic mass is 19.1. The van der Waals surface area contributed by atoms with Gasteiger partial charge >= 0.3 is 0 Å². The third kappa shape index (κ3) is 4.58. The van der Waals surface area contributed by atoms with Crippen molar-refractivity contribution in [2.75, 3.05) is 4.90 Å². The number of carbonyl (C=O) groups excluding carboxylic acids is 3. The number of imide groups is 1. The van der Waals surface area contributed by atoms with Crippen LogP contribution in [0.4, 0.5) is 10.1 Å². The lowest BCUT2D eigenvalue weighted by Crippen LogP contribution is -2.47. The van der Waals surface area contributed by atoms with Gasteiger partial charge in [-0.05, 0) is 42.2 Å². The van der Waals surface area contributed by atoms with E-state index in [1.807, 2.05) is 58.0 Å². The zero-order valence-corrected chi connectivity index (χ0v) is 17.8. The number of carbonyl (C=O) groups is 3. The van der Waals surface area contributed by atoms with Crippen LogP contribution < -0.4 is 4.90 Å². The summed E-state index contributed by atoms with van der Waals surface area (Å²) in [6.45, 7) is 7.75. The molecular weight excluding hydrogens is 383 g/mol. The lowest BCUT2D eigenvalue weighted by molar-refractivity contribution is -0.142. The van der Waals surface area contributed by atoms with Crippen molar-refractivity contribution in [3.63, 3.8) is 0 Å². The Bertz CT molecular complexity index is 935. The minimum Gasteiger partial charge on any atom is -0.323 e. The Morgan fingerprint density at radius 2 is 1.70 bits per heavy atom. The molecule has 0 spiro atoms. The molecule has 3 amide bonds. The minimum atomic E-state index is -0.896. The fourth-order valence-corrected chi connectivity index (χ4v) is 3.79. The van der Waals surface area contributed by atoms with Gasteiger partial charge in [-0.1, -0.05) is 51.1 Å².